The quantitative estimate of drug-likeness (QED) is 0.353. The summed E-state index contributed by atoms with van der Waals surface area (Å²) in [4.78, 5) is 4.75. The highest BCUT2D eigenvalue weighted by molar-refractivity contribution is 5.75. The van der Waals surface area contributed by atoms with Gasteiger partial charge in [-0.25, -0.2) is 8.78 Å². The molecular weight excluding hydrogens is 477 g/mol. The molecule has 0 radical (unpaired) electrons. The van der Waals surface area contributed by atoms with E-state index in [1.54, 1.807) is 0 Å². The third-order valence-electron chi connectivity index (χ3n) is 6.84. The molecule has 3 unspecified atom stereocenters. The molecular formula is C28H28F5NO2. The second kappa shape index (κ2) is 10.3. The molecule has 0 saturated carbocycles. The molecule has 2 N–H and O–H groups in total. The Morgan fingerprint density at radius 2 is 1.67 bits per heavy atom. The maximum absolute atomic E-state index is 16.4. The number of rotatable bonds is 6. The number of halogens is 5. The van der Waals surface area contributed by atoms with E-state index < -0.39 is 29.8 Å². The van der Waals surface area contributed by atoms with Gasteiger partial charge in [-0.15, -0.1) is 0 Å². The Bertz CT molecular complexity index is 1210. The van der Waals surface area contributed by atoms with E-state index in [-0.39, 0.29) is 29.6 Å². The highest BCUT2D eigenvalue weighted by Gasteiger charge is 2.36. The number of nitrogens with zero attached hydrogens (tertiary/aromatic N) is 1. The number of hydrogen-bond acceptors (Lipinski definition) is 3. The SMILES string of the molecule is CC(C)c1nc2c(c(-c3ccc(F)cc3)c1C(F)c1ccc(C(F)(F)F)cc1)C(O)C(CCO)CC2. The normalized spacial score (nSPS) is 18.8. The lowest BCUT2D eigenvalue weighted by molar-refractivity contribution is -0.137. The molecule has 0 saturated heterocycles. The van der Waals surface area contributed by atoms with Crippen molar-refractivity contribution < 1.29 is 32.2 Å². The van der Waals surface area contributed by atoms with Gasteiger partial charge in [-0.3, -0.25) is 4.98 Å². The first-order chi connectivity index (χ1) is 17.0. The number of pyridine rings is 1. The van der Waals surface area contributed by atoms with E-state index in [1.807, 2.05) is 13.8 Å². The Kier molecular flexibility index (Phi) is 7.48. The zero-order valence-corrected chi connectivity index (χ0v) is 20.0. The number of aryl methyl sites for hydroxylation is 1. The van der Waals surface area contributed by atoms with Crippen molar-refractivity contribution in [3.8, 4) is 11.1 Å². The molecule has 0 amide bonds. The van der Waals surface area contributed by atoms with Gasteiger partial charge in [0.25, 0.3) is 0 Å². The van der Waals surface area contributed by atoms with Crippen LogP contribution in [-0.4, -0.2) is 21.8 Å². The molecule has 3 nitrogen and oxygen atoms in total. The largest absolute Gasteiger partial charge is 0.416 e. The van der Waals surface area contributed by atoms with Crippen LogP contribution < -0.4 is 0 Å². The van der Waals surface area contributed by atoms with Crippen LogP contribution in [0.1, 0.15) is 78.5 Å². The number of aromatic nitrogens is 1. The minimum absolute atomic E-state index is 0.0206. The van der Waals surface area contributed by atoms with Crippen LogP contribution in [0.2, 0.25) is 0 Å². The summed E-state index contributed by atoms with van der Waals surface area (Å²) in [5, 5.41) is 20.8. The summed E-state index contributed by atoms with van der Waals surface area (Å²) in [5.41, 5.74) is 1.63. The summed E-state index contributed by atoms with van der Waals surface area (Å²) in [5.74, 6) is -0.986. The van der Waals surface area contributed by atoms with Crippen LogP contribution in [-0.2, 0) is 12.6 Å². The van der Waals surface area contributed by atoms with Gasteiger partial charge in [-0.05, 0) is 72.1 Å². The van der Waals surface area contributed by atoms with Crippen molar-refractivity contribution in [1.82, 2.24) is 4.98 Å². The number of aliphatic hydroxyl groups excluding tert-OH is 2. The van der Waals surface area contributed by atoms with Gasteiger partial charge in [0.1, 0.15) is 5.82 Å². The van der Waals surface area contributed by atoms with Crippen molar-refractivity contribution in [1.29, 1.82) is 0 Å². The lowest BCUT2D eigenvalue weighted by Crippen LogP contribution is -2.25. The number of aliphatic hydroxyl groups is 2. The predicted molar refractivity (Wildman–Crippen MR) is 127 cm³/mol. The van der Waals surface area contributed by atoms with Crippen molar-refractivity contribution >= 4 is 0 Å². The van der Waals surface area contributed by atoms with Crippen LogP contribution >= 0.6 is 0 Å². The van der Waals surface area contributed by atoms with E-state index >= 15 is 4.39 Å². The molecule has 1 aliphatic carbocycles. The topological polar surface area (TPSA) is 53.4 Å². The third-order valence-corrected chi connectivity index (χ3v) is 6.84. The number of benzene rings is 2. The number of hydrogen-bond donors (Lipinski definition) is 2. The summed E-state index contributed by atoms with van der Waals surface area (Å²) < 4.78 is 69.4. The summed E-state index contributed by atoms with van der Waals surface area (Å²) in [7, 11) is 0. The standard InChI is InChI=1S/C28H28F5NO2/c1-15(2)26-24(25(30)17-3-8-19(9-4-17)28(31,32)33)22(16-5-10-20(29)11-6-16)23-21(34-26)12-7-18(13-14-35)27(23)36/h3-6,8-11,15,18,25,27,35-36H,7,12-14H2,1-2H3. The molecule has 3 aromatic rings. The van der Waals surface area contributed by atoms with Gasteiger partial charge < -0.3 is 10.2 Å². The molecule has 0 fully saturated rings. The van der Waals surface area contributed by atoms with E-state index in [0.29, 0.717) is 47.3 Å². The first-order valence-electron chi connectivity index (χ1n) is 12.0. The fraction of sp³-hybridized carbons (Fsp3) is 0.393. The Balaban J connectivity index is 1.98. The number of fused-ring (bicyclic) bond motifs is 1. The molecule has 1 heterocycles. The van der Waals surface area contributed by atoms with E-state index in [0.717, 1.165) is 24.3 Å². The van der Waals surface area contributed by atoms with Crippen molar-refractivity contribution in [2.45, 2.75) is 57.5 Å². The summed E-state index contributed by atoms with van der Waals surface area (Å²) in [6, 6.07) is 9.38. The van der Waals surface area contributed by atoms with Crippen molar-refractivity contribution in [2.75, 3.05) is 6.61 Å². The van der Waals surface area contributed by atoms with Crippen LogP contribution in [0.4, 0.5) is 22.0 Å². The van der Waals surface area contributed by atoms with Crippen LogP contribution in [0.15, 0.2) is 48.5 Å². The highest BCUT2D eigenvalue weighted by atomic mass is 19.4. The average Bonchev–Trinajstić information content (AvgIpc) is 2.84. The van der Waals surface area contributed by atoms with E-state index in [2.05, 4.69) is 0 Å². The molecule has 8 heteroatoms. The Hall–Kier alpha value is -2.84. The molecule has 1 aromatic heterocycles. The van der Waals surface area contributed by atoms with Crippen molar-refractivity contribution in [2.24, 2.45) is 5.92 Å². The molecule has 2 aromatic carbocycles. The van der Waals surface area contributed by atoms with Crippen molar-refractivity contribution in [3.05, 3.63) is 88.0 Å². The summed E-state index contributed by atoms with van der Waals surface area (Å²) in [6.45, 7) is 3.57. The van der Waals surface area contributed by atoms with Crippen LogP contribution in [0.5, 0.6) is 0 Å². The van der Waals surface area contributed by atoms with Crippen LogP contribution in [0.3, 0.4) is 0 Å². The van der Waals surface area contributed by atoms with Crippen molar-refractivity contribution in [3.63, 3.8) is 0 Å². The van der Waals surface area contributed by atoms with Gasteiger partial charge in [0.15, 0.2) is 6.17 Å². The Morgan fingerprint density at radius 3 is 2.22 bits per heavy atom. The predicted octanol–water partition coefficient (Wildman–Crippen LogP) is 7.07. The Morgan fingerprint density at radius 1 is 1.03 bits per heavy atom. The van der Waals surface area contributed by atoms with E-state index in [4.69, 9.17) is 4.98 Å². The molecule has 4 rings (SSSR count). The molecule has 36 heavy (non-hydrogen) atoms. The molecule has 0 spiro atoms. The fourth-order valence-corrected chi connectivity index (χ4v) is 5.01. The second-order valence-electron chi connectivity index (χ2n) is 9.55. The maximum Gasteiger partial charge on any atom is 0.416 e. The van der Waals surface area contributed by atoms with Crippen LogP contribution in [0, 0.1) is 11.7 Å². The fourth-order valence-electron chi connectivity index (χ4n) is 5.01. The second-order valence-corrected chi connectivity index (χ2v) is 9.55. The molecule has 192 valence electrons. The molecule has 1 aliphatic rings. The smallest absolute Gasteiger partial charge is 0.396 e. The minimum Gasteiger partial charge on any atom is -0.396 e. The molecule has 0 aliphatic heterocycles. The molecule has 0 bridgehead atoms. The van der Waals surface area contributed by atoms with Crippen LogP contribution in [0.25, 0.3) is 11.1 Å². The lowest BCUT2D eigenvalue weighted by Gasteiger charge is -2.34. The third kappa shape index (κ3) is 5.02. The maximum atomic E-state index is 16.4. The first-order valence-corrected chi connectivity index (χ1v) is 12.0. The van der Waals surface area contributed by atoms with E-state index in [1.165, 1.54) is 24.3 Å². The van der Waals surface area contributed by atoms with Gasteiger partial charge in [0.2, 0.25) is 0 Å². The average molecular weight is 506 g/mol. The Labute approximate surface area is 206 Å². The summed E-state index contributed by atoms with van der Waals surface area (Å²) >= 11 is 0. The zero-order valence-electron chi connectivity index (χ0n) is 20.0. The number of alkyl halides is 4. The van der Waals surface area contributed by atoms with Gasteiger partial charge >= 0.3 is 6.18 Å². The molecule has 3 atom stereocenters. The zero-order chi connectivity index (χ0) is 26.2. The first kappa shape index (κ1) is 26.2. The van der Waals surface area contributed by atoms with Gasteiger partial charge in [-0.2, -0.15) is 13.2 Å². The summed E-state index contributed by atoms with van der Waals surface area (Å²) in [6.07, 6.45) is -5.96. The lowest BCUT2D eigenvalue weighted by atomic mass is 9.76. The monoisotopic (exact) mass is 505 g/mol. The highest BCUT2D eigenvalue weighted by Crippen LogP contribution is 2.48. The van der Waals surface area contributed by atoms with E-state index in [9.17, 15) is 27.8 Å². The van der Waals surface area contributed by atoms with Gasteiger partial charge in [0.05, 0.1) is 17.4 Å². The van der Waals surface area contributed by atoms with Gasteiger partial charge in [0, 0.05) is 23.4 Å². The van der Waals surface area contributed by atoms with Gasteiger partial charge in [-0.1, -0.05) is 38.1 Å². The minimum atomic E-state index is -4.55.